The van der Waals surface area contributed by atoms with E-state index in [-0.39, 0.29) is 11.8 Å². The largest absolute Gasteiger partial charge is 0.306 e. The third kappa shape index (κ3) is 2.21. The summed E-state index contributed by atoms with van der Waals surface area (Å²) in [5.74, 6) is -0.0774. The lowest BCUT2D eigenvalue weighted by atomic mass is 9.96. The van der Waals surface area contributed by atoms with Crippen LogP contribution >= 0.6 is 0 Å². The minimum atomic E-state index is -0.120. The van der Waals surface area contributed by atoms with Gasteiger partial charge in [-0.3, -0.25) is 10.1 Å². The average Bonchev–Trinajstić information content (AvgIpc) is 2.06. The fraction of sp³-hybridized carbons (Fsp3) is 0.750. The molecule has 0 aliphatic carbocycles. The normalized spacial score (nSPS) is 20.0. The number of nitrogens with one attached hydrogen (secondary N) is 1. The van der Waals surface area contributed by atoms with E-state index < -0.39 is 0 Å². The minimum Gasteiger partial charge on any atom is -0.306 e. The van der Waals surface area contributed by atoms with E-state index in [0.717, 1.165) is 25.9 Å². The van der Waals surface area contributed by atoms with Crippen molar-refractivity contribution in [3.05, 3.63) is 0 Å². The van der Waals surface area contributed by atoms with Crippen molar-refractivity contribution in [1.29, 1.82) is 5.26 Å². The van der Waals surface area contributed by atoms with Crippen molar-refractivity contribution in [3.8, 4) is 6.19 Å². The Hall–Kier alpha value is -1.08. The maximum atomic E-state index is 11.2. The van der Waals surface area contributed by atoms with Crippen LogP contribution in [-0.2, 0) is 4.79 Å². The van der Waals surface area contributed by atoms with Gasteiger partial charge in [0.2, 0.25) is 5.91 Å². The molecule has 1 saturated heterocycles. The van der Waals surface area contributed by atoms with E-state index in [9.17, 15) is 4.79 Å². The van der Waals surface area contributed by atoms with E-state index in [0.29, 0.717) is 0 Å². The third-order valence-electron chi connectivity index (χ3n) is 2.27. The molecule has 0 atom stereocenters. The lowest BCUT2D eigenvalue weighted by Gasteiger charge is -2.27. The first-order valence-corrected chi connectivity index (χ1v) is 4.11. The highest BCUT2D eigenvalue weighted by atomic mass is 16.1. The van der Waals surface area contributed by atoms with E-state index in [2.05, 4.69) is 10.2 Å². The highest BCUT2D eigenvalue weighted by Gasteiger charge is 2.22. The molecule has 12 heavy (non-hydrogen) atoms. The zero-order chi connectivity index (χ0) is 8.97. The Morgan fingerprint density at radius 3 is 2.67 bits per heavy atom. The van der Waals surface area contributed by atoms with Crippen molar-refractivity contribution in [2.24, 2.45) is 5.92 Å². The standard InChI is InChI=1S/C8H13N3O/c1-11-4-2-7(3-5-11)8(12)10-6-9/h7H,2-5H2,1H3,(H,10,12). The van der Waals surface area contributed by atoms with Gasteiger partial charge in [0.05, 0.1) is 0 Å². The molecule has 0 aromatic rings. The minimum absolute atomic E-state index is 0.0425. The third-order valence-corrected chi connectivity index (χ3v) is 2.27. The number of nitriles is 1. The zero-order valence-electron chi connectivity index (χ0n) is 7.21. The van der Waals surface area contributed by atoms with Gasteiger partial charge >= 0.3 is 0 Å². The SMILES string of the molecule is CN1CCC(C(=O)NC#N)CC1. The molecular formula is C8H13N3O. The van der Waals surface area contributed by atoms with E-state index in [1.807, 2.05) is 7.05 Å². The van der Waals surface area contributed by atoms with Crippen molar-refractivity contribution in [2.75, 3.05) is 20.1 Å². The first kappa shape index (κ1) is 9.01. The number of rotatable bonds is 1. The van der Waals surface area contributed by atoms with Crippen molar-refractivity contribution in [2.45, 2.75) is 12.8 Å². The topological polar surface area (TPSA) is 56.1 Å². The number of amides is 1. The van der Waals surface area contributed by atoms with Gasteiger partial charge in [0, 0.05) is 5.92 Å². The van der Waals surface area contributed by atoms with E-state index >= 15 is 0 Å². The van der Waals surface area contributed by atoms with Gasteiger partial charge in [-0.05, 0) is 33.0 Å². The first-order chi connectivity index (χ1) is 5.74. The van der Waals surface area contributed by atoms with Crippen LogP contribution in [0.4, 0.5) is 0 Å². The lowest BCUT2D eigenvalue weighted by Crippen LogP contribution is -2.37. The summed E-state index contributed by atoms with van der Waals surface area (Å²) in [6.45, 7) is 1.90. The number of likely N-dealkylation sites (tertiary alicyclic amines) is 1. The van der Waals surface area contributed by atoms with Crippen molar-refractivity contribution < 1.29 is 4.79 Å². The van der Waals surface area contributed by atoms with Gasteiger partial charge in [0.15, 0.2) is 6.19 Å². The van der Waals surface area contributed by atoms with Crippen LogP contribution in [0, 0.1) is 17.4 Å². The van der Waals surface area contributed by atoms with Crippen molar-refractivity contribution >= 4 is 5.91 Å². The smallest absolute Gasteiger partial charge is 0.236 e. The zero-order valence-corrected chi connectivity index (χ0v) is 7.21. The van der Waals surface area contributed by atoms with Gasteiger partial charge in [0.1, 0.15) is 0 Å². The van der Waals surface area contributed by atoms with Gasteiger partial charge < -0.3 is 4.90 Å². The van der Waals surface area contributed by atoms with Crippen LogP contribution in [0.1, 0.15) is 12.8 Å². The van der Waals surface area contributed by atoms with Gasteiger partial charge in [-0.2, -0.15) is 5.26 Å². The van der Waals surface area contributed by atoms with E-state index in [1.165, 1.54) is 0 Å². The highest BCUT2D eigenvalue weighted by molar-refractivity contribution is 5.80. The summed E-state index contributed by atoms with van der Waals surface area (Å²) >= 11 is 0. The fourth-order valence-corrected chi connectivity index (χ4v) is 1.43. The lowest BCUT2D eigenvalue weighted by molar-refractivity contribution is -0.125. The Balaban J connectivity index is 2.35. The molecule has 1 N–H and O–H groups in total. The predicted molar refractivity (Wildman–Crippen MR) is 44.0 cm³/mol. The predicted octanol–water partition coefficient (Wildman–Crippen LogP) is -0.0745. The second-order valence-corrected chi connectivity index (χ2v) is 3.18. The number of hydrogen-bond donors (Lipinski definition) is 1. The van der Waals surface area contributed by atoms with E-state index in [4.69, 9.17) is 5.26 Å². The fourth-order valence-electron chi connectivity index (χ4n) is 1.43. The van der Waals surface area contributed by atoms with Crippen LogP contribution in [0.25, 0.3) is 0 Å². The Bertz CT molecular complexity index is 201. The number of carbonyl (C=O) groups excluding carboxylic acids is 1. The van der Waals surface area contributed by atoms with Crippen LogP contribution in [-0.4, -0.2) is 30.9 Å². The Kier molecular flexibility index (Phi) is 3.06. The number of piperidine rings is 1. The summed E-state index contributed by atoms with van der Waals surface area (Å²) < 4.78 is 0. The number of hydrogen-bond acceptors (Lipinski definition) is 3. The van der Waals surface area contributed by atoms with Gasteiger partial charge in [-0.25, -0.2) is 0 Å². The molecule has 0 bridgehead atoms. The maximum Gasteiger partial charge on any atom is 0.236 e. The molecule has 4 heteroatoms. The first-order valence-electron chi connectivity index (χ1n) is 4.11. The molecule has 1 heterocycles. The Morgan fingerprint density at radius 1 is 1.58 bits per heavy atom. The molecule has 66 valence electrons. The van der Waals surface area contributed by atoms with Crippen LogP contribution in [0.3, 0.4) is 0 Å². The van der Waals surface area contributed by atoms with Gasteiger partial charge in [-0.1, -0.05) is 0 Å². The van der Waals surface area contributed by atoms with Crippen molar-refractivity contribution in [3.63, 3.8) is 0 Å². The van der Waals surface area contributed by atoms with Gasteiger partial charge in [-0.15, -0.1) is 0 Å². The van der Waals surface area contributed by atoms with Crippen LogP contribution in [0.2, 0.25) is 0 Å². The molecule has 4 nitrogen and oxygen atoms in total. The molecule has 1 aliphatic heterocycles. The molecule has 0 spiro atoms. The summed E-state index contributed by atoms with van der Waals surface area (Å²) in [6, 6.07) is 0. The molecule has 0 aromatic carbocycles. The van der Waals surface area contributed by atoms with Crippen molar-refractivity contribution in [1.82, 2.24) is 10.2 Å². The monoisotopic (exact) mass is 167 g/mol. The highest BCUT2D eigenvalue weighted by Crippen LogP contribution is 2.15. The maximum absolute atomic E-state index is 11.2. The average molecular weight is 167 g/mol. The summed E-state index contributed by atoms with van der Waals surface area (Å²) in [6.07, 6.45) is 3.39. The summed E-state index contributed by atoms with van der Waals surface area (Å²) in [4.78, 5) is 13.3. The van der Waals surface area contributed by atoms with Crippen LogP contribution in [0.5, 0.6) is 0 Å². The molecule has 1 amide bonds. The quantitative estimate of drug-likeness (QED) is 0.439. The molecule has 1 rings (SSSR count). The molecule has 0 aromatic heterocycles. The number of nitrogens with zero attached hydrogens (tertiary/aromatic N) is 2. The molecule has 1 aliphatic rings. The molecule has 0 radical (unpaired) electrons. The second-order valence-electron chi connectivity index (χ2n) is 3.18. The van der Waals surface area contributed by atoms with Gasteiger partial charge in [0.25, 0.3) is 0 Å². The summed E-state index contributed by atoms with van der Waals surface area (Å²) in [5.41, 5.74) is 0. The molecule has 0 saturated carbocycles. The summed E-state index contributed by atoms with van der Waals surface area (Å²) in [7, 11) is 2.04. The number of carbonyl (C=O) groups is 1. The Labute approximate surface area is 72.2 Å². The molecule has 0 unspecified atom stereocenters. The van der Waals surface area contributed by atoms with E-state index in [1.54, 1.807) is 6.19 Å². The summed E-state index contributed by atoms with van der Waals surface area (Å²) in [5, 5.41) is 10.4. The second kappa shape index (κ2) is 4.07. The Morgan fingerprint density at radius 2 is 2.17 bits per heavy atom. The molecule has 1 fully saturated rings. The van der Waals surface area contributed by atoms with Crippen LogP contribution in [0.15, 0.2) is 0 Å². The van der Waals surface area contributed by atoms with Crippen LogP contribution < -0.4 is 5.32 Å². The molecular weight excluding hydrogens is 154 g/mol.